The molecule has 1 aliphatic carbocycles. The summed E-state index contributed by atoms with van der Waals surface area (Å²) in [5.41, 5.74) is 1.04. The number of carbonyl (C=O) groups excluding carboxylic acids is 1. The highest BCUT2D eigenvalue weighted by Crippen LogP contribution is 2.38. The van der Waals surface area contributed by atoms with E-state index in [1.807, 2.05) is 32.8 Å². The average Bonchev–Trinajstić information content (AvgIpc) is 2.15. The second-order valence-corrected chi connectivity index (χ2v) is 4.17. The summed E-state index contributed by atoms with van der Waals surface area (Å²) < 4.78 is 0. The first-order chi connectivity index (χ1) is 5.44. The Labute approximate surface area is 74.2 Å². The van der Waals surface area contributed by atoms with Gasteiger partial charge in [-0.05, 0) is 32.0 Å². The van der Waals surface area contributed by atoms with E-state index >= 15 is 0 Å². The van der Waals surface area contributed by atoms with Gasteiger partial charge in [-0.1, -0.05) is 0 Å². The molecule has 0 bridgehead atoms. The van der Waals surface area contributed by atoms with E-state index in [0.29, 0.717) is 12.2 Å². The van der Waals surface area contributed by atoms with Gasteiger partial charge in [0.25, 0.3) is 0 Å². The van der Waals surface area contributed by atoms with Crippen molar-refractivity contribution in [3.8, 4) is 0 Å². The lowest BCUT2D eigenvalue weighted by Gasteiger charge is -2.19. The molecule has 68 valence electrons. The molecule has 1 rings (SSSR count). The van der Waals surface area contributed by atoms with Crippen molar-refractivity contribution in [2.45, 2.75) is 26.7 Å². The molecule has 0 spiro atoms. The molecule has 0 saturated heterocycles. The van der Waals surface area contributed by atoms with Gasteiger partial charge in [0.1, 0.15) is 5.78 Å². The van der Waals surface area contributed by atoms with E-state index in [0.717, 1.165) is 6.42 Å². The summed E-state index contributed by atoms with van der Waals surface area (Å²) in [4.78, 5) is 13.4. The van der Waals surface area contributed by atoms with E-state index in [9.17, 15) is 4.79 Å². The zero-order chi connectivity index (χ0) is 9.35. The predicted molar refractivity (Wildman–Crippen MR) is 49.8 cm³/mol. The number of Topliss-reactive ketones (excluding diaryl/α,β-unsaturated/α-hetero) is 1. The van der Waals surface area contributed by atoms with Gasteiger partial charge in [0, 0.05) is 25.9 Å². The van der Waals surface area contributed by atoms with E-state index in [1.54, 1.807) is 0 Å². The zero-order valence-electron chi connectivity index (χ0n) is 8.35. The second kappa shape index (κ2) is 2.92. The van der Waals surface area contributed by atoms with Gasteiger partial charge >= 0.3 is 0 Å². The van der Waals surface area contributed by atoms with Crippen LogP contribution in [0.3, 0.4) is 0 Å². The lowest BCUT2D eigenvalue weighted by Crippen LogP contribution is -2.20. The number of hydrogen-bond acceptors (Lipinski definition) is 2. The lowest BCUT2D eigenvalue weighted by atomic mass is 9.86. The fourth-order valence-corrected chi connectivity index (χ4v) is 1.59. The van der Waals surface area contributed by atoms with Crippen LogP contribution in [-0.4, -0.2) is 24.8 Å². The van der Waals surface area contributed by atoms with E-state index in [4.69, 9.17) is 0 Å². The van der Waals surface area contributed by atoms with E-state index in [1.165, 1.54) is 5.57 Å². The van der Waals surface area contributed by atoms with Crippen LogP contribution in [0.1, 0.15) is 26.7 Å². The third kappa shape index (κ3) is 1.52. The van der Waals surface area contributed by atoms with Crippen LogP contribution in [-0.2, 0) is 4.79 Å². The van der Waals surface area contributed by atoms with Gasteiger partial charge in [0.2, 0.25) is 0 Å². The minimum Gasteiger partial charge on any atom is -0.383 e. The van der Waals surface area contributed by atoms with Crippen LogP contribution >= 0.6 is 0 Å². The topological polar surface area (TPSA) is 20.3 Å². The second-order valence-electron chi connectivity index (χ2n) is 4.17. The van der Waals surface area contributed by atoms with Crippen molar-refractivity contribution in [3.63, 3.8) is 0 Å². The fraction of sp³-hybridized carbons (Fsp3) is 0.700. The summed E-state index contributed by atoms with van der Waals surface area (Å²) in [7, 11) is 3.98. The Balaban J connectivity index is 2.89. The smallest absolute Gasteiger partial charge is 0.142 e. The standard InChI is InChI=1S/C10H17NO/c1-10(2)8(7-11(3)4)5-6-9(10)12/h7H,5-6H2,1-4H3. The Morgan fingerprint density at radius 1 is 1.33 bits per heavy atom. The molecule has 0 amide bonds. The highest BCUT2D eigenvalue weighted by molar-refractivity contribution is 5.90. The molecule has 0 aliphatic heterocycles. The maximum atomic E-state index is 11.4. The molecule has 0 atom stereocenters. The fourth-order valence-electron chi connectivity index (χ4n) is 1.59. The molecule has 1 aliphatic rings. The summed E-state index contributed by atoms with van der Waals surface area (Å²) in [6, 6.07) is 0. The molecular formula is C10H17NO. The molecular weight excluding hydrogens is 150 g/mol. The molecule has 0 N–H and O–H groups in total. The normalized spacial score (nSPS) is 25.0. The Morgan fingerprint density at radius 2 is 1.92 bits per heavy atom. The highest BCUT2D eigenvalue weighted by atomic mass is 16.1. The zero-order valence-corrected chi connectivity index (χ0v) is 8.35. The van der Waals surface area contributed by atoms with Gasteiger partial charge in [-0.25, -0.2) is 0 Å². The van der Waals surface area contributed by atoms with Crippen molar-refractivity contribution in [1.29, 1.82) is 0 Å². The van der Waals surface area contributed by atoms with Gasteiger partial charge in [-0.2, -0.15) is 0 Å². The molecule has 0 aromatic rings. The Bertz CT molecular complexity index is 226. The quantitative estimate of drug-likeness (QED) is 0.593. The Morgan fingerprint density at radius 3 is 2.25 bits per heavy atom. The van der Waals surface area contributed by atoms with Crippen molar-refractivity contribution in [2.75, 3.05) is 14.1 Å². The summed E-state index contributed by atoms with van der Waals surface area (Å²) in [5.74, 6) is 0.371. The van der Waals surface area contributed by atoms with Crippen molar-refractivity contribution in [1.82, 2.24) is 4.90 Å². The lowest BCUT2D eigenvalue weighted by molar-refractivity contribution is -0.123. The summed E-state index contributed by atoms with van der Waals surface area (Å²) in [6.45, 7) is 4.02. The molecule has 12 heavy (non-hydrogen) atoms. The van der Waals surface area contributed by atoms with Crippen LogP contribution in [0, 0.1) is 5.41 Å². The number of carbonyl (C=O) groups is 1. The molecule has 0 aromatic heterocycles. The van der Waals surface area contributed by atoms with Crippen LogP contribution in [0.25, 0.3) is 0 Å². The molecule has 0 aromatic carbocycles. The molecule has 1 saturated carbocycles. The van der Waals surface area contributed by atoms with Crippen molar-refractivity contribution in [3.05, 3.63) is 11.8 Å². The SMILES string of the molecule is CN(C)C=C1CCC(=O)C1(C)C. The molecule has 2 nitrogen and oxygen atoms in total. The number of allylic oxidation sites excluding steroid dienone is 1. The van der Waals surface area contributed by atoms with E-state index in [-0.39, 0.29) is 5.41 Å². The maximum absolute atomic E-state index is 11.4. The molecule has 0 unspecified atom stereocenters. The first kappa shape index (κ1) is 9.30. The number of ketones is 1. The first-order valence-electron chi connectivity index (χ1n) is 4.35. The number of rotatable bonds is 1. The van der Waals surface area contributed by atoms with Gasteiger partial charge in [0.15, 0.2) is 0 Å². The minimum atomic E-state index is -0.218. The monoisotopic (exact) mass is 167 g/mol. The first-order valence-corrected chi connectivity index (χ1v) is 4.35. The Hall–Kier alpha value is -0.790. The van der Waals surface area contributed by atoms with Gasteiger partial charge in [-0.15, -0.1) is 0 Å². The maximum Gasteiger partial charge on any atom is 0.142 e. The van der Waals surface area contributed by atoms with Gasteiger partial charge in [0.05, 0.1) is 0 Å². The Kier molecular flexibility index (Phi) is 2.27. The van der Waals surface area contributed by atoms with Crippen LogP contribution in [0.5, 0.6) is 0 Å². The van der Waals surface area contributed by atoms with Crippen molar-refractivity contribution < 1.29 is 4.79 Å². The van der Waals surface area contributed by atoms with Gasteiger partial charge < -0.3 is 4.90 Å². The number of nitrogens with zero attached hydrogens (tertiary/aromatic N) is 1. The highest BCUT2D eigenvalue weighted by Gasteiger charge is 2.37. The van der Waals surface area contributed by atoms with Gasteiger partial charge in [-0.3, -0.25) is 4.79 Å². The molecule has 0 heterocycles. The predicted octanol–water partition coefficient (Wildman–Crippen LogP) is 1.82. The molecule has 1 fully saturated rings. The summed E-state index contributed by atoms with van der Waals surface area (Å²) in [5, 5.41) is 0. The van der Waals surface area contributed by atoms with Crippen LogP contribution < -0.4 is 0 Å². The third-order valence-electron chi connectivity index (χ3n) is 2.54. The summed E-state index contributed by atoms with van der Waals surface area (Å²) in [6.07, 6.45) is 3.72. The summed E-state index contributed by atoms with van der Waals surface area (Å²) >= 11 is 0. The van der Waals surface area contributed by atoms with Crippen LogP contribution in [0.4, 0.5) is 0 Å². The third-order valence-corrected chi connectivity index (χ3v) is 2.54. The average molecular weight is 167 g/mol. The van der Waals surface area contributed by atoms with E-state index in [2.05, 4.69) is 6.20 Å². The van der Waals surface area contributed by atoms with Crippen LogP contribution in [0.15, 0.2) is 11.8 Å². The molecule has 2 heteroatoms. The van der Waals surface area contributed by atoms with Crippen molar-refractivity contribution in [2.24, 2.45) is 5.41 Å². The van der Waals surface area contributed by atoms with E-state index < -0.39 is 0 Å². The molecule has 0 radical (unpaired) electrons. The largest absolute Gasteiger partial charge is 0.383 e. The minimum absolute atomic E-state index is 0.218. The van der Waals surface area contributed by atoms with Crippen molar-refractivity contribution >= 4 is 5.78 Å². The van der Waals surface area contributed by atoms with Crippen LogP contribution in [0.2, 0.25) is 0 Å². The number of hydrogen-bond donors (Lipinski definition) is 0.